The van der Waals surface area contributed by atoms with Crippen molar-refractivity contribution in [3.8, 4) is 0 Å². The molecule has 5 heteroatoms. The van der Waals surface area contributed by atoms with Crippen molar-refractivity contribution in [3.63, 3.8) is 0 Å². The van der Waals surface area contributed by atoms with Crippen molar-refractivity contribution in [1.29, 1.82) is 0 Å². The van der Waals surface area contributed by atoms with Gasteiger partial charge in [0, 0.05) is 6.07 Å². The number of amides is 1. The lowest BCUT2D eigenvalue weighted by Gasteiger charge is -2.00. The highest BCUT2D eigenvalue weighted by atomic mass is 16.5. The Morgan fingerprint density at radius 3 is 3.17 bits per heavy atom. The molecule has 1 aromatic rings. The zero-order valence-corrected chi connectivity index (χ0v) is 6.83. The van der Waals surface area contributed by atoms with Gasteiger partial charge in [0.25, 0.3) is 0 Å². The third-order valence-corrected chi connectivity index (χ3v) is 1.29. The van der Waals surface area contributed by atoms with Gasteiger partial charge in [-0.05, 0) is 7.05 Å². The predicted molar refractivity (Wildman–Crippen MR) is 42.3 cm³/mol. The molecule has 66 valence electrons. The minimum Gasteiger partial charge on any atom is -0.360 e. The van der Waals surface area contributed by atoms with Crippen LogP contribution in [-0.4, -0.2) is 24.7 Å². The number of hydrogen-bond acceptors (Lipinski definition) is 4. The van der Waals surface area contributed by atoms with Gasteiger partial charge < -0.3 is 15.2 Å². The smallest absolute Gasteiger partial charge is 0.234 e. The average Bonchev–Trinajstić information content (AvgIpc) is 2.53. The zero-order valence-electron chi connectivity index (χ0n) is 6.83. The monoisotopic (exact) mass is 169 g/mol. The number of carbonyl (C=O) groups is 1. The lowest BCUT2D eigenvalue weighted by atomic mass is 10.4. The van der Waals surface area contributed by atoms with Crippen LogP contribution in [0.4, 0.5) is 0 Å². The molecule has 2 N–H and O–H groups in total. The molecule has 0 radical (unpaired) electrons. The van der Waals surface area contributed by atoms with Crippen molar-refractivity contribution < 1.29 is 9.32 Å². The largest absolute Gasteiger partial charge is 0.360 e. The van der Waals surface area contributed by atoms with Crippen LogP contribution >= 0.6 is 0 Å². The highest BCUT2D eigenvalue weighted by Crippen LogP contribution is 1.93. The van der Waals surface area contributed by atoms with E-state index in [2.05, 4.69) is 15.8 Å². The molecule has 0 aromatic carbocycles. The van der Waals surface area contributed by atoms with E-state index in [-0.39, 0.29) is 5.91 Å². The Bertz CT molecular complexity index is 233. The van der Waals surface area contributed by atoms with E-state index in [1.54, 1.807) is 19.3 Å². The molecule has 0 fully saturated rings. The summed E-state index contributed by atoms with van der Waals surface area (Å²) in [6.45, 7) is 0.703. The highest BCUT2D eigenvalue weighted by Gasteiger charge is 2.00. The van der Waals surface area contributed by atoms with Crippen molar-refractivity contribution in [2.24, 2.45) is 0 Å². The number of carbonyl (C=O) groups excluding carboxylic acids is 1. The summed E-state index contributed by atoms with van der Waals surface area (Å²) >= 11 is 0. The van der Waals surface area contributed by atoms with Crippen LogP contribution in [0, 0.1) is 0 Å². The van der Waals surface area contributed by atoms with E-state index in [9.17, 15) is 4.79 Å². The Morgan fingerprint density at radius 1 is 1.75 bits per heavy atom. The van der Waals surface area contributed by atoms with Crippen LogP contribution in [0.15, 0.2) is 16.8 Å². The summed E-state index contributed by atoms with van der Waals surface area (Å²) in [5, 5.41) is 8.89. The molecule has 0 saturated carbocycles. The van der Waals surface area contributed by atoms with Crippen molar-refractivity contribution in [2.45, 2.75) is 6.54 Å². The Labute approximate surface area is 70.1 Å². The van der Waals surface area contributed by atoms with Crippen LogP contribution in [0.2, 0.25) is 0 Å². The molecule has 0 spiro atoms. The number of rotatable bonds is 4. The first-order valence-corrected chi connectivity index (χ1v) is 3.64. The number of aromatic nitrogens is 1. The molecule has 1 amide bonds. The van der Waals surface area contributed by atoms with Crippen LogP contribution < -0.4 is 10.6 Å². The van der Waals surface area contributed by atoms with Crippen LogP contribution in [0.25, 0.3) is 0 Å². The number of nitrogens with zero attached hydrogens (tertiary/aromatic N) is 1. The first-order valence-electron chi connectivity index (χ1n) is 3.64. The number of nitrogens with one attached hydrogen (secondary N) is 2. The Hall–Kier alpha value is -1.36. The maximum absolute atomic E-state index is 10.9. The van der Waals surface area contributed by atoms with Gasteiger partial charge in [-0.15, -0.1) is 0 Å². The van der Waals surface area contributed by atoms with Crippen molar-refractivity contribution in [1.82, 2.24) is 15.8 Å². The minimum absolute atomic E-state index is 0.0612. The topological polar surface area (TPSA) is 67.2 Å². The van der Waals surface area contributed by atoms with E-state index < -0.39 is 0 Å². The Morgan fingerprint density at radius 2 is 2.58 bits per heavy atom. The lowest BCUT2D eigenvalue weighted by Crippen LogP contribution is -2.31. The summed E-state index contributed by atoms with van der Waals surface area (Å²) in [5.41, 5.74) is 0. The standard InChI is InChI=1S/C7H11N3O2/c1-8-5-7(11)9-4-6-2-3-10-12-6/h2-3,8H,4-5H2,1H3,(H,9,11). The summed E-state index contributed by atoms with van der Waals surface area (Å²) in [6, 6.07) is 1.71. The van der Waals surface area contributed by atoms with Gasteiger partial charge in [-0.2, -0.15) is 0 Å². The van der Waals surface area contributed by atoms with Crippen molar-refractivity contribution >= 4 is 5.91 Å². The molecule has 12 heavy (non-hydrogen) atoms. The second-order valence-electron chi connectivity index (χ2n) is 2.29. The van der Waals surface area contributed by atoms with Crippen LogP contribution in [-0.2, 0) is 11.3 Å². The van der Waals surface area contributed by atoms with E-state index >= 15 is 0 Å². The van der Waals surface area contributed by atoms with Crippen LogP contribution in [0.3, 0.4) is 0 Å². The van der Waals surface area contributed by atoms with Crippen LogP contribution in [0.5, 0.6) is 0 Å². The fourth-order valence-electron chi connectivity index (χ4n) is 0.742. The first kappa shape index (κ1) is 8.73. The van der Waals surface area contributed by atoms with Gasteiger partial charge in [0.05, 0.1) is 19.3 Å². The summed E-state index contributed by atoms with van der Waals surface area (Å²) in [6.07, 6.45) is 1.54. The molecule has 0 bridgehead atoms. The van der Waals surface area contributed by atoms with Gasteiger partial charge in [-0.3, -0.25) is 4.79 Å². The molecular formula is C7H11N3O2. The quantitative estimate of drug-likeness (QED) is 0.638. The average molecular weight is 169 g/mol. The van der Waals surface area contributed by atoms with E-state index in [1.165, 1.54) is 0 Å². The minimum atomic E-state index is -0.0612. The molecule has 0 aliphatic rings. The van der Waals surface area contributed by atoms with E-state index in [0.29, 0.717) is 18.8 Å². The molecule has 1 heterocycles. The number of likely N-dealkylation sites (N-methyl/N-ethyl adjacent to an activating group) is 1. The second kappa shape index (κ2) is 4.50. The zero-order chi connectivity index (χ0) is 8.81. The van der Waals surface area contributed by atoms with Gasteiger partial charge in [-0.1, -0.05) is 5.16 Å². The fourth-order valence-corrected chi connectivity index (χ4v) is 0.742. The third kappa shape index (κ3) is 2.71. The summed E-state index contributed by atoms with van der Waals surface area (Å²) in [7, 11) is 1.72. The molecule has 0 aliphatic carbocycles. The molecule has 1 aromatic heterocycles. The Kier molecular flexibility index (Phi) is 3.28. The van der Waals surface area contributed by atoms with Gasteiger partial charge >= 0.3 is 0 Å². The van der Waals surface area contributed by atoms with E-state index in [0.717, 1.165) is 0 Å². The van der Waals surface area contributed by atoms with Crippen molar-refractivity contribution in [2.75, 3.05) is 13.6 Å². The first-order chi connectivity index (χ1) is 5.83. The molecule has 0 saturated heterocycles. The molecule has 1 rings (SSSR count). The van der Waals surface area contributed by atoms with E-state index in [1.807, 2.05) is 0 Å². The molecule has 0 aliphatic heterocycles. The third-order valence-electron chi connectivity index (χ3n) is 1.29. The highest BCUT2D eigenvalue weighted by molar-refractivity contribution is 5.77. The SMILES string of the molecule is CNCC(=O)NCc1ccno1. The van der Waals surface area contributed by atoms with Gasteiger partial charge in [0.15, 0.2) is 5.76 Å². The van der Waals surface area contributed by atoms with Crippen molar-refractivity contribution in [3.05, 3.63) is 18.0 Å². The molecule has 5 nitrogen and oxygen atoms in total. The predicted octanol–water partition coefficient (Wildman–Crippen LogP) is -0.490. The second-order valence-corrected chi connectivity index (χ2v) is 2.29. The van der Waals surface area contributed by atoms with Gasteiger partial charge in [0.1, 0.15) is 0 Å². The molecule has 0 atom stereocenters. The fraction of sp³-hybridized carbons (Fsp3) is 0.429. The van der Waals surface area contributed by atoms with Gasteiger partial charge in [-0.25, -0.2) is 0 Å². The van der Waals surface area contributed by atoms with Crippen LogP contribution in [0.1, 0.15) is 5.76 Å². The maximum Gasteiger partial charge on any atom is 0.234 e. The maximum atomic E-state index is 10.9. The Balaban J connectivity index is 2.22. The molecular weight excluding hydrogens is 158 g/mol. The normalized spacial score (nSPS) is 9.75. The summed E-state index contributed by atoms with van der Waals surface area (Å²) in [4.78, 5) is 10.9. The van der Waals surface area contributed by atoms with Gasteiger partial charge in [0.2, 0.25) is 5.91 Å². The summed E-state index contributed by atoms with van der Waals surface area (Å²) in [5.74, 6) is 0.591. The lowest BCUT2D eigenvalue weighted by molar-refractivity contribution is -0.120. The molecule has 0 unspecified atom stereocenters. The van der Waals surface area contributed by atoms with E-state index in [4.69, 9.17) is 4.52 Å². The number of hydrogen-bond donors (Lipinski definition) is 2. The summed E-state index contributed by atoms with van der Waals surface area (Å²) < 4.78 is 4.78.